The normalized spacial score (nSPS) is 14.8. The van der Waals surface area contributed by atoms with Gasteiger partial charge in [-0.2, -0.15) is 0 Å². The van der Waals surface area contributed by atoms with Crippen molar-refractivity contribution in [3.8, 4) is 5.75 Å². The molecule has 20 heavy (non-hydrogen) atoms. The zero-order valence-corrected chi connectivity index (χ0v) is 11.9. The number of rotatable bonds is 7. The fraction of sp³-hybridized carbons (Fsp3) is 0.533. The third-order valence-corrected chi connectivity index (χ3v) is 3.55. The molecule has 0 aliphatic heterocycles. The molecule has 0 amide bonds. The summed E-state index contributed by atoms with van der Waals surface area (Å²) in [5, 5.41) is 10.1. The Hall–Kier alpha value is -1.46. The van der Waals surface area contributed by atoms with Gasteiger partial charge in [0.1, 0.15) is 11.6 Å². The first-order chi connectivity index (χ1) is 9.52. The van der Waals surface area contributed by atoms with E-state index in [4.69, 9.17) is 4.74 Å². The second-order valence-electron chi connectivity index (χ2n) is 5.21. The first kappa shape index (κ1) is 14.9. The molecule has 5 heteroatoms. The summed E-state index contributed by atoms with van der Waals surface area (Å²) in [4.78, 5) is 13.6. The van der Waals surface area contributed by atoms with Gasteiger partial charge in [0, 0.05) is 31.8 Å². The number of phenols is 1. The number of hydrogen-bond acceptors (Lipinski definition) is 4. The maximum atomic E-state index is 13.6. The smallest absolute Gasteiger partial charge is 0.163 e. The van der Waals surface area contributed by atoms with E-state index in [0.29, 0.717) is 24.8 Å². The molecule has 110 valence electrons. The van der Waals surface area contributed by atoms with Crippen LogP contribution in [-0.2, 0) is 11.3 Å². The topological polar surface area (TPSA) is 49.8 Å². The van der Waals surface area contributed by atoms with Crippen molar-refractivity contribution in [1.29, 1.82) is 0 Å². The first-order valence-electron chi connectivity index (χ1n) is 6.78. The van der Waals surface area contributed by atoms with Crippen LogP contribution in [0.4, 0.5) is 4.39 Å². The number of nitrogens with zero attached hydrogens (tertiary/aromatic N) is 1. The molecule has 1 aliphatic rings. The molecule has 1 N–H and O–H groups in total. The molecule has 1 saturated carbocycles. The number of Topliss-reactive ketones (excluding diaryl/α,β-unsaturated/α-hetero) is 1. The van der Waals surface area contributed by atoms with Gasteiger partial charge < -0.3 is 9.84 Å². The summed E-state index contributed by atoms with van der Waals surface area (Å²) in [6, 6.07) is 2.84. The Morgan fingerprint density at radius 3 is 2.75 bits per heavy atom. The number of carbonyl (C=O) groups excluding carboxylic acids is 1. The zero-order valence-electron chi connectivity index (χ0n) is 11.9. The van der Waals surface area contributed by atoms with Crippen LogP contribution >= 0.6 is 0 Å². The molecule has 0 spiro atoms. The van der Waals surface area contributed by atoms with Crippen molar-refractivity contribution < 1.29 is 19.0 Å². The maximum Gasteiger partial charge on any atom is 0.163 e. The third-order valence-electron chi connectivity index (χ3n) is 3.55. The Morgan fingerprint density at radius 2 is 2.20 bits per heavy atom. The van der Waals surface area contributed by atoms with E-state index >= 15 is 0 Å². The first-order valence-corrected chi connectivity index (χ1v) is 6.78. The number of ether oxygens (including phenoxy) is 1. The molecule has 2 rings (SSSR count). The van der Waals surface area contributed by atoms with Gasteiger partial charge in [-0.25, -0.2) is 4.39 Å². The average Bonchev–Trinajstić information content (AvgIpc) is 3.22. The van der Waals surface area contributed by atoms with Gasteiger partial charge in [0.15, 0.2) is 5.78 Å². The highest BCUT2D eigenvalue weighted by Crippen LogP contribution is 2.31. The molecule has 4 nitrogen and oxygen atoms in total. The van der Waals surface area contributed by atoms with Gasteiger partial charge >= 0.3 is 0 Å². The lowest BCUT2D eigenvalue weighted by Crippen LogP contribution is -2.29. The van der Waals surface area contributed by atoms with Crippen LogP contribution in [0.25, 0.3) is 0 Å². The minimum Gasteiger partial charge on any atom is -0.507 e. The monoisotopic (exact) mass is 281 g/mol. The van der Waals surface area contributed by atoms with Gasteiger partial charge in [0.2, 0.25) is 0 Å². The summed E-state index contributed by atoms with van der Waals surface area (Å²) in [5.41, 5.74) is 0.501. The zero-order chi connectivity index (χ0) is 14.7. The highest BCUT2D eigenvalue weighted by atomic mass is 19.1. The van der Waals surface area contributed by atoms with E-state index in [2.05, 4.69) is 4.90 Å². The SMILES string of the molecule is COCCN(Cc1cc(F)cc(C(C)=O)c1O)C1CC1. The number of benzene rings is 1. The maximum absolute atomic E-state index is 13.6. The number of hydrogen-bond donors (Lipinski definition) is 1. The number of phenolic OH excluding ortho intramolecular Hbond substituents is 1. The van der Waals surface area contributed by atoms with Crippen molar-refractivity contribution in [2.45, 2.75) is 32.4 Å². The number of halogens is 1. The quantitative estimate of drug-likeness (QED) is 0.779. The highest BCUT2D eigenvalue weighted by Gasteiger charge is 2.29. The Kier molecular flexibility index (Phi) is 4.73. The number of ketones is 1. The summed E-state index contributed by atoms with van der Waals surface area (Å²) in [7, 11) is 1.64. The van der Waals surface area contributed by atoms with Crippen LogP contribution in [0.2, 0.25) is 0 Å². The molecule has 1 fully saturated rings. The molecule has 0 atom stereocenters. The molecule has 1 aliphatic carbocycles. The van der Waals surface area contributed by atoms with E-state index in [1.165, 1.54) is 13.0 Å². The van der Waals surface area contributed by atoms with Crippen LogP contribution in [0.3, 0.4) is 0 Å². The van der Waals surface area contributed by atoms with Gasteiger partial charge in [0.25, 0.3) is 0 Å². The molecule has 0 unspecified atom stereocenters. The van der Waals surface area contributed by atoms with E-state index < -0.39 is 5.82 Å². The lowest BCUT2D eigenvalue weighted by Gasteiger charge is -2.22. The van der Waals surface area contributed by atoms with Gasteiger partial charge in [-0.15, -0.1) is 0 Å². The Morgan fingerprint density at radius 1 is 1.50 bits per heavy atom. The fourth-order valence-corrected chi connectivity index (χ4v) is 2.30. The Bertz CT molecular complexity index is 500. The Labute approximate surface area is 118 Å². The van der Waals surface area contributed by atoms with Crippen molar-refractivity contribution in [2.24, 2.45) is 0 Å². The van der Waals surface area contributed by atoms with E-state index in [1.54, 1.807) is 7.11 Å². The third kappa shape index (κ3) is 3.55. The molecular weight excluding hydrogens is 261 g/mol. The van der Waals surface area contributed by atoms with E-state index in [0.717, 1.165) is 25.5 Å². The molecule has 0 bridgehead atoms. The Balaban J connectivity index is 2.20. The summed E-state index contributed by atoms with van der Waals surface area (Å²) in [6.07, 6.45) is 2.22. The molecule has 0 aromatic heterocycles. The van der Waals surface area contributed by atoms with Crippen molar-refractivity contribution in [1.82, 2.24) is 4.90 Å². The average molecular weight is 281 g/mol. The minimum absolute atomic E-state index is 0.0440. The summed E-state index contributed by atoms with van der Waals surface area (Å²) in [5.74, 6) is -0.939. The molecule has 1 aromatic carbocycles. The van der Waals surface area contributed by atoms with Crippen molar-refractivity contribution in [3.05, 3.63) is 29.1 Å². The number of methoxy groups -OCH3 is 1. The summed E-state index contributed by atoms with van der Waals surface area (Å²) in [6.45, 7) is 3.07. The van der Waals surface area contributed by atoms with Crippen LogP contribution < -0.4 is 0 Å². The van der Waals surface area contributed by atoms with Crippen molar-refractivity contribution in [3.63, 3.8) is 0 Å². The van der Waals surface area contributed by atoms with Gasteiger partial charge in [0.05, 0.1) is 12.2 Å². The highest BCUT2D eigenvalue weighted by molar-refractivity contribution is 5.97. The number of carbonyl (C=O) groups is 1. The minimum atomic E-state index is -0.495. The van der Waals surface area contributed by atoms with E-state index in [-0.39, 0.29) is 17.1 Å². The summed E-state index contributed by atoms with van der Waals surface area (Å²) >= 11 is 0. The van der Waals surface area contributed by atoms with Crippen molar-refractivity contribution in [2.75, 3.05) is 20.3 Å². The predicted octanol–water partition coefficient (Wildman–Crippen LogP) is 2.34. The standard InChI is InChI=1S/C15H20FNO3/c1-10(18)14-8-12(16)7-11(15(14)19)9-17(5-6-20-2)13-3-4-13/h7-8,13,19H,3-6,9H2,1-2H3. The second kappa shape index (κ2) is 6.33. The molecule has 0 heterocycles. The van der Waals surface area contributed by atoms with Gasteiger partial charge in [-0.1, -0.05) is 0 Å². The van der Waals surface area contributed by atoms with Gasteiger partial charge in [-0.3, -0.25) is 9.69 Å². The van der Waals surface area contributed by atoms with Gasteiger partial charge in [-0.05, 0) is 31.9 Å². The summed E-state index contributed by atoms with van der Waals surface area (Å²) < 4.78 is 18.7. The van der Waals surface area contributed by atoms with Crippen LogP contribution in [-0.4, -0.2) is 42.1 Å². The van der Waals surface area contributed by atoms with Crippen LogP contribution in [0, 0.1) is 5.82 Å². The largest absolute Gasteiger partial charge is 0.507 e. The van der Waals surface area contributed by atoms with E-state index in [9.17, 15) is 14.3 Å². The molecule has 0 saturated heterocycles. The second-order valence-corrected chi connectivity index (χ2v) is 5.21. The fourth-order valence-electron chi connectivity index (χ4n) is 2.30. The van der Waals surface area contributed by atoms with Crippen LogP contribution in [0.15, 0.2) is 12.1 Å². The van der Waals surface area contributed by atoms with Crippen LogP contribution in [0.5, 0.6) is 5.75 Å². The van der Waals surface area contributed by atoms with E-state index in [1.807, 2.05) is 0 Å². The van der Waals surface area contributed by atoms with Crippen molar-refractivity contribution >= 4 is 5.78 Å². The molecule has 1 aromatic rings. The lowest BCUT2D eigenvalue weighted by atomic mass is 10.0. The number of aromatic hydroxyl groups is 1. The molecule has 0 radical (unpaired) electrons. The lowest BCUT2D eigenvalue weighted by molar-refractivity contribution is 0.101. The molecular formula is C15H20FNO3. The van der Waals surface area contributed by atoms with Crippen LogP contribution in [0.1, 0.15) is 35.7 Å². The predicted molar refractivity (Wildman–Crippen MR) is 73.4 cm³/mol.